The van der Waals surface area contributed by atoms with E-state index in [0.717, 1.165) is 49.6 Å². The van der Waals surface area contributed by atoms with Crippen molar-refractivity contribution in [1.29, 1.82) is 0 Å². The molecule has 0 radical (unpaired) electrons. The van der Waals surface area contributed by atoms with Crippen LogP contribution in [0.2, 0.25) is 0 Å². The van der Waals surface area contributed by atoms with Crippen molar-refractivity contribution in [2.45, 2.75) is 25.9 Å². The fourth-order valence-electron chi connectivity index (χ4n) is 2.77. The lowest BCUT2D eigenvalue weighted by atomic mass is 10.2. The average molecular weight is 368 g/mol. The largest absolute Gasteiger partial charge is 0.375 e. The van der Waals surface area contributed by atoms with Crippen LogP contribution in [-0.4, -0.2) is 40.4 Å². The molecule has 1 amide bonds. The molecule has 2 aromatic rings. The second-order valence-electron chi connectivity index (χ2n) is 5.70. The molecule has 10 heteroatoms. The summed E-state index contributed by atoms with van der Waals surface area (Å²) in [5.74, 6) is -0.286. The normalized spacial score (nSPS) is 16.7. The number of hydrogen-bond donors (Lipinski definition) is 4. The standard InChI is InChI=1S/C8H12N4OS.C6H9N3S/c9-7(13)4-12-2-1-5-6(3-12)14-8(10)11-5;7-6-9-4-1-2-8-3-5(4)10-6/h1-4H2,(H2,9,13)(H2,10,11);8H,1-3H2,(H2,7,9). The van der Waals surface area contributed by atoms with Gasteiger partial charge in [-0.1, -0.05) is 0 Å². The Morgan fingerprint density at radius 1 is 1.12 bits per heavy atom. The molecule has 0 atom stereocenters. The van der Waals surface area contributed by atoms with E-state index < -0.39 is 0 Å². The van der Waals surface area contributed by atoms with Crippen LogP contribution in [-0.2, 0) is 30.7 Å². The molecule has 0 aliphatic carbocycles. The van der Waals surface area contributed by atoms with Crippen molar-refractivity contribution in [1.82, 2.24) is 20.2 Å². The SMILES string of the molecule is NC(=O)CN1CCc2nc(N)sc2C1.Nc1nc2c(s1)CNCC2. The van der Waals surface area contributed by atoms with Gasteiger partial charge < -0.3 is 22.5 Å². The maximum absolute atomic E-state index is 10.7. The molecule has 7 N–H and O–H groups in total. The minimum atomic E-state index is -0.286. The third kappa shape index (κ3) is 4.20. The Morgan fingerprint density at radius 3 is 2.46 bits per heavy atom. The summed E-state index contributed by atoms with van der Waals surface area (Å²) in [4.78, 5) is 23.6. The van der Waals surface area contributed by atoms with E-state index in [-0.39, 0.29) is 5.91 Å². The molecule has 4 rings (SSSR count). The number of nitrogens with one attached hydrogen (secondary N) is 1. The fraction of sp³-hybridized carbons (Fsp3) is 0.500. The van der Waals surface area contributed by atoms with Crippen molar-refractivity contribution in [3.05, 3.63) is 21.1 Å². The van der Waals surface area contributed by atoms with Crippen LogP contribution >= 0.6 is 22.7 Å². The summed E-state index contributed by atoms with van der Waals surface area (Å²) in [6.45, 7) is 3.88. The van der Waals surface area contributed by atoms with Crippen LogP contribution in [0.3, 0.4) is 0 Å². The number of rotatable bonds is 2. The van der Waals surface area contributed by atoms with Gasteiger partial charge >= 0.3 is 0 Å². The van der Waals surface area contributed by atoms with Crippen LogP contribution < -0.4 is 22.5 Å². The van der Waals surface area contributed by atoms with E-state index in [0.29, 0.717) is 16.8 Å². The van der Waals surface area contributed by atoms with Crippen LogP contribution in [0.5, 0.6) is 0 Å². The lowest BCUT2D eigenvalue weighted by molar-refractivity contribution is -0.119. The maximum Gasteiger partial charge on any atom is 0.231 e. The Bertz CT molecular complexity index is 703. The van der Waals surface area contributed by atoms with E-state index in [2.05, 4.69) is 15.3 Å². The lowest BCUT2D eigenvalue weighted by Crippen LogP contribution is -2.37. The second kappa shape index (κ2) is 7.43. The zero-order chi connectivity index (χ0) is 17.1. The first kappa shape index (κ1) is 17.1. The monoisotopic (exact) mass is 367 g/mol. The minimum Gasteiger partial charge on any atom is -0.375 e. The lowest BCUT2D eigenvalue weighted by Gasteiger charge is -2.24. The molecule has 8 nitrogen and oxygen atoms in total. The number of aromatic nitrogens is 2. The Morgan fingerprint density at radius 2 is 1.79 bits per heavy atom. The molecular formula is C14H21N7OS2. The topological polar surface area (TPSA) is 136 Å². The summed E-state index contributed by atoms with van der Waals surface area (Å²) in [6, 6.07) is 0. The Labute approximate surface area is 148 Å². The summed E-state index contributed by atoms with van der Waals surface area (Å²) < 4.78 is 0. The van der Waals surface area contributed by atoms with Crippen molar-refractivity contribution in [2.24, 2.45) is 5.73 Å². The van der Waals surface area contributed by atoms with E-state index in [1.165, 1.54) is 21.9 Å². The van der Waals surface area contributed by atoms with Crippen LogP contribution in [0, 0.1) is 0 Å². The molecule has 24 heavy (non-hydrogen) atoms. The molecule has 0 unspecified atom stereocenters. The number of carbonyl (C=O) groups is 1. The first-order valence-corrected chi connectivity index (χ1v) is 9.34. The summed E-state index contributed by atoms with van der Waals surface area (Å²) in [7, 11) is 0. The number of fused-ring (bicyclic) bond motifs is 2. The zero-order valence-electron chi connectivity index (χ0n) is 13.2. The van der Waals surface area contributed by atoms with Gasteiger partial charge in [0.05, 0.1) is 17.9 Å². The van der Waals surface area contributed by atoms with Gasteiger partial charge in [-0.05, 0) is 0 Å². The Kier molecular flexibility index (Phi) is 5.29. The number of thiazole rings is 2. The molecule has 0 saturated heterocycles. The van der Waals surface area contributed by atoms with Crippen LogP contribution in [0.1, 0.15) is 21.1 Å². The van der Waals surface area contributed by atoms with Crippen molar-refractivity contribution in [3.63, 3.8) is 0 Å². The van der Waals surface area contributed by atoms with Gasteiger partial charge in [-0.15, -0.1) is 22.7 Å². The van der Waals surface area contributed by atoms with Crippen molar-refractivity contribution in [3.8, 4) is 0 Å². The summed E-state index contributed by atoms with van der Waals surface area (Å²) in [6.07, 6.45) is 1.89. The number of anilines is 2. The smallest absolute Gasteiger partial charge is 0.231 e. The zero-order valence-corrected chi connectivity index (χ0v) is 14.9. The number of primary amides is 1. The summed E-state index contributed by atoms with van der Waals surface area (Å²) in [5.41, 5.74) is 18.5. The Balaban J connectivity index is 0.000000149. The van der Waals surface area contributed by atoms with Crippen LogP contribution in [0.15, 0.2) is 0 Å². The quantitative estimate of drug-likeness (QED) is 0.583. The predicted octanol–water partition coefficient (Wildman–Crippen LogP) is -0.0603. The number of nitrogens with zero attached hydrogens (tertiary/aromatic N) is 3. The highest BCUT2D eigenvalue weighted by Gasteiger charge is 2.20. The number of nitrogens with two attached hydrogens (primary N) is 3. The van der Waals surface area contributed by atoms with Crippen molar-refractivity contribution in [2.75, 3.05) is 31.1 Å². The molecule has 0 aromatic carbocycles. The van der Waals surface area contributed by atoms with Gasteiger partial charge in [0.1, 0.15) is 0 Å². The van der Waals surface area contributed by atoms with Gasteiger partial charge in [-0.3, -0.25) is 9.69 Å². The van der Waals surface area contributed by atoms with Gasteiger partial charge in [0, 0.05) is 48.8 Å². The summed E-state index contributed by atoms with van der Waals surface area (Å²) in [5, 5.41) is 4.58. The molecule has 4 heterocycles. The predicted molar refractivity (Wildman–Crippen MR) is 96.6 cm³/mol. The molecule has 0 bridgehead atoms. The van der Waals surface area contributed by atoms with E-state index in [9.17, 15) is 4.79 Å². The van der Waals surface area contributed by atoms with Crippen LogP contribution in [0.4, 0.5) is 10.3 Å². The molecule has 2 aliphatic rings. The fourth-order valence-corrected chi connectivity index (χ4v) is 4.54. The highest BCUT2D eigenvalue weighted by Crippen LogP contribution is 2.26. The van der Waals surface area contributed by atoms with E-state index >= 15 is 0 Å². The van der Waals surface area contributed by atoms with Gasteiger partial charge in [0.2, 0.25) is 5.91 Å². The third-order valence-corrected chi connectivity index (χ3v) is 5.66. The molecular weight excluding hydrogens is 346 g/mol. The van der Waals surface area contributed by atoms with E-state index in [1.807, 2.05) is 4.90 Å². The third-order valence-electron chi connectivity index (χ3n) is 3.83. The highest BCUT2D eigenvalue weighted by molar-refractivity contribution is 7.15. The molecule has 0 fully saturated rings. The maximum atomic E-state index is 10.7. The number of amides is 1. The first-order valence-electron chi connectivity index (χ1n) is 7.70. The highest BCUT2D eigenvalue weighted by atomic mass is 32.1. The summed E-state index contributed by atoms with van der Waals surface area (Å²) >= 11 is 3.09. The van der Waals surface area contributed by atoms with E-state index in [1.54, 1.807) is 11.3 Å². The minimum absolute atomic E-state index is 0.286. The molecule has 2 aromatic heterocycles. The Hall–Kier alpha value is -1.75. The average Bonchev–Trinajstić information content (AvgIpc) is 3.07. The molecule has 0 saturated carbocycles. The molecule has 130 valence electrons. The van der Waals surface area contributed by atoms with Gasteiger partial charge in [-0.25, -0.2) is 9.97 Å². The number of carbonyl (C=O) groups excluding carboxylic acids is 1. The number of nitrogen functional groups attached to an aromatic ring is 2. The molecule has 2 aliphatic heterocycles. The van der Waals surface area contributed by atoms with Crippen LogP contribution in [0.25, 0.3) is 0 Å². The van der Waals surface area contributed by atoms with Gasteiger partial charge in [0.15, 0.2) is 10.3 Å². The first-order chi connectivity index (χ1) is 11.5. The van der Waals surface area contributed by atoms with Gasteiger partial charge in [0.25, 0.3) is 0 Å². The van der Waals surface area contributed by atoms with E-state index in [4.69, 9.17) is 17.2 Å². The van der Waals surface area contributed by atoms with Crippen molar-refractivity contribution >= 4 is 38.8 Å². The molecule has 0 spiro atoms. The number of hydrogen-bond acceptors (Lipinski definition) is 9. The van der Waals surface area contributed by atoms with Crippen molar-refractivity contribution < 1.29 is 4.79 Å². The van der Waals surface area contributed by atoms with Gasteiger partial charge in [-0.2, -0.15) is 0 Å². The second-order valence-corrected chi connectivity index (χ2v) is 7.93.